The molecule has 0 saturated carbocycles. The average molecular weight is 276 g/mol. The van der Waals surface area contributed by atoms with Gasteiger partial charge in [0.15, 0.2) is 0 Å². The molecule has 104 valence electrons. The Morgan fingerprint density at radius 1 is 1.15 bits per heavy atom. The van der Waals surface area contributed by atoms with Gasteiger partial charge in [0.2, 0.25) is 0 Å². The van der Waals surface area contributed by atoms with Crippen LogP contribution in [0.15, 0.2) is 42.5 Å². The van der Waals surface area contributed by atoms with Crippen molar-refractivity contribution in [3.63, 3.8) is 0 Å². The lowest BCUT2D eigenvalue weighted by atomic mass is 10.1. The van der Waals surface area contributed by atoms with E-state index in [2.05, 4.69) is 5.32 Å². The number of rotatable bonds is 3. The van der Waals surface area contributed by atoms with Gasteiger partial charge in [0.05, 0.1) is 11.6 Å². The first-order valence-corrected chi connectivity index (χ1v) is 6.08. The molecule has 5 heteroatoms. The van der Waals surface area contributed by atoms with Crippen molar-refractivity contribution < 1.29 is 13.6 Å². The normalized spacial score (nSPS) is 11.9. The molecule has 2 aromatic rings. The molecule has 0 aliphatic rings. The number of nitrogens with one attached hydrogen (secondary N) is 1. The highest BCUT2D eigenvalue weighted by Crippen LogP contribution is 2.16. The van der Waals surface area contributed by atoms with E-state index in [1.165, 1.54) is 0 Å². The van der Waals surface area contributed by atoms with Crippen LogP contribution in [-0.4, -0.2) is 5.91 Å². The first kappa shape index (κ1) is 14.0. The second kappa shape index (κ2) is 5.69. The summed E-state index contributed by atoms with van der Waals surface area (Å²) in [5.41, 5.74) is 6.86. The van der Waals surface area contributed by atoms with Crippen molar-refractivity contribution >= 4 is 11.6 Å². The summed E-state index contributed by atoms with van der Waals surface area (Å²) < 4.78 is 26.3. The zero-order chi connectivity index (χ0) is 14.7. The van der Waals surface area contributed by atoms with Gasteiger partial charge in [-0.1, -0.05) is 12.1 Å². The van der Waals surface area contributed by atoms with Crippen molar-refractivity contribution in [3.8, 4) is 0 Å². The lowest BCUT2D eigenvalue weighted by Crippen LogP contribution is -2.27. The van der Waals surface area contributed by atoms with Crippen molar-refractivity contribution in [2.75, 3.05) is 5.73 Å². The molecular weight excluding hydrogens is 262 g/mol. The Hall–Kier alpha value is -2.43. The average Bonchev–Trinajstić information content (AvgIpc) is 2.39. The van der Waals surface area contributed by atoms with Crippen molar-refractivity contribution in [3.05, 3.63) is 65.2 Å². The predicted molar refractivity (Wildman–Crippen MR) is 73.1 cm³/mol. The van der Waals surface area contributed by atoms with E-state index in [1.54, 1.807) is 31.2 Å². The number of nitrogen functional groups attached to an aromatic ring is 1. The van der Waals surface area contributed by atoms with Crippen molar-refractivity contribution in [2.45, 2.75) is 13.0 Å². The fourth-order valence-corrected chi connectivity index (χ4v) is 1.82. The minimum Gasteiger partial charge on any atom is -0.399 e. The van der Waals surface area contributed by atoms with Crippen LogP contribution in [0.3, 0.4) is 0 Å². The number of carbonyl (C=O) groups is 1. The first-order chi connectivity index (χ1) is 9.47. The molecule has 1 atom stereocenters. The molecule has 2 aromatic carbocycles. The van der Waals surface area contributed by atoms with Crippen LogP contribution in [0.2, 0.25) is 0 Å². The third-order valence-electron chi connectivity index (χ3n) is 2.96. The molecule has 1 unspecified atom stereocenters. The van der Waals surface area contributed by atoms with Gasteiger partial charge in [-0.05, 0) is 36.8 Å². The monoisotopic (exact) mass is 276 g/mol. The second-order valence-corrected chi connectivity index (χ2v) is 4.49. The summed E-state index contributed by atoms with van der Waals surface area (Å²) in [6.45, 7) is 1.77. The van der Waals surface area contributed by atoms with E-state index < -0.39 is 17.5 Å². The number of hydrogen-bond acceptors (Lipinski definition) is 2. The maximum absolute atomic E-state index is 13.5. The van der Waals surface area contributed by atoms with Crippen LogP contribution in [0.25, 0.3) is 0 Å². The Labute approximate surface area is 115 Å². The third-order valence-corrected chi connectivity index (χ3v) is 2.96. The minimum atomic E-state index is -0.882. The van der Waals surface area contributed by atoms with E-state index in [0.717, 1.165) is 17.7 Å². The van der Waals surface area contributed by atoms with Gasteiger partial charge in [0, 0.05) is 11.8 Å². The Bertz CT molecular complexity index is 626. The van der Waals surface area contributed by atoms with Gasteiger partial charge in [0.1, 0.15) is 11.6 Å². The van der Waals surface area contributed by atoms with Crippen molar-refractivity contribution in [1.82, 2.24) is 5.32 Å². The van der Waals surface area contributed by atoms with E-state index in [0.29, 0.717) is 11.8 Å². The summed E-state index contributed by atoms with van der Waals surface area (Å²) in [6.07, 6.45) is 0. The van der Waals surface area contributed by atoms with Crippen molar-refractivity contribution in [2.24, 2.45) is 0 Å². The number of halogens is 2. The van der Waals surface area contributed by atoms with Gasteiger partial charge < -0.3 is 11.1 Å². The highest BCUT2D eigenvalue weighted by atomic mass is 19.1. The molecule has 0 aliphatic heterocycles. The van der Waals surface area contributed by atoms with Crippen LogP contribution in [0.1, 0.15) is 28.9 Å². The smallest absolute Gasteiger partial charge is 0.254 e. The largest absolute Gasteiger partial charge is 0.399 e. The Balaban J connectivity index is 2.13. The van der Waals surface area contributed by atoms with Gasteiger partial charge >= 0.3 is 0 Å². The Kier molecular flexibility index (Phi) is 3.98. The molecule has 20 heavy (non-hydrogen) atoms. The molecule has 0 aliphatic carbocycles. The SMILES string of the molecule is CC(NC(=O)c1ccc(F)cc1F)c1ccc(N)cc1. The lowest BCUT2D eigenvalue weighted by molar-refractivity contribution is 0.0935. The van der Waals surface area contributed by atoms with Gasteiger partial charge in [-0.2, -0.15) is 0 Å². The summed E-state index contributed by atoms with van der Waals surface area (Å²) in [7, 11) is 0. The maximum Gasteiger partial charge on any atom is 0.254 e. The highest BCUT2D eigenvalue weighted by molar-refractivity contribution is 5.94. The highest BCUT2D eigenvalue weighted by Gasteiger charge is 2.15. The summed E-state index contributed by atoms with van der Waals surface area (Å²) in [6, 6.07) is 9.53. The van der Waals surface area contributed by atoms with Crippen LogP contribution in [0.4, 0.5) is 14.5 Å². The Morgan fingerprint density at radius 2 is 1.80 bits per heavy atom. The van der Waals surface area contributed by atoms with Crippen LogP contribution in [-0.2, 0) is 0 Å². The van der Waals surface area contributed by atoms with Gasteiger partial charge in [-0.25, -0.2) is 8.78 Å². The Morgan fingerprint density at radius 3 is 2.40 bits per heavy atom. The molecule has 0 bridgehead atoms. The van der Waals surface area contributed by atoms with E-state index in [-0.39, 0.29) is 11.6 Å². The van der Waals surface area contributed by atoms with Gasteiger partial charge in [-0.3, -0.25) is 4.79 Å². The molecule has 1 amide bonds. The van der Waals surface area contributed by atoms with Crippen molar-refractivity contribution in [1.29, 1.82) is 0 Å². The number of nitrogens with two attached hydrogens (primary N) is 1. The molecule has 0 saturated heterocycles. The molecule has 3 nitrogen and oxygen atoms in total. The number of amides is 1. The van der Waals surface area contributed by atoms with Crippen LogP contribution in [0.5, 0.6) is 0 Å². The summed E-state index contributed by atoms with van der Waals surface area (Å²) in [5, 5.41) is 2.65. The number of hydrogen-bond donors (Lipinski definition) is 2. The standard InChI is InChI=1S/C15H14F2N2O/c1-9(10-2-5-12(18)6-3-10)19-15(20)13-7-4-11(16)8-14(13)17/h2-9H,18H2,1H3,(H,19,20). The summed E-state index contributed by atoms with van der Waals surface area (Å²) in [5.74, 6) is -2.19. The summed E-state index contributed by atoms with van der Waals surface area (Å²) in [4.78, 5) is 11.9. The second-order valence-electron chi connectivity index (χ2n) is 4.49. The predicted octanol–water partition coefficient (Wildman–Crippen LogP) is 3.04. The van der Waals surface area contributed by atoms with Crippen LogP contribution in [0, 0.1) is 11.6 Å². The molecular formula is C15H14F2N2O. The molecule has 0 spiro atoms. The third kappa shape index (κ3) is 3.12. The topological polar surface area (TPSA) is 55.1 Å². The first-order valence-electron chi connectivity index (χ1n) is 6.08. The van der Waals surface area contributed by atoms with Gasteiger partial charge in [0.25, 0.3) is 5.91 Å². The van der Waals surface area contributed by atoms with Gasteiger partial charge in [-0.15, -0.1) is 0 Å². The molecule has 0 heterocycles. The molecule has 2 rings (SSSR count). The quantitative estimate of drug-likeness (QED) is 0.847. The maximum atomic E-state index is 13.5. The zero-order valence-corrected chi connectivity index (χ0v) is 10.9. The zero-order valence-electron chi connectivity index (χ0n) is 10.9. The minimum absolute atomic E-state index is 0.186. The van der Waals surface area contributed by atoms with E-state index >= 15 is 0 Å². The number of benzene rings is 2. The van der Waals surface area contributed by atoms with E-state index in [1.807, 2.05) is 0 Å². The van der Waals surface area contributed by atoms with E-state index in [9.17, 15) is 13.6 Å². The number of carbonyl (C=O) groups excluding carboxylic acids is 1. The molecule has 0 aromatic heterocycles. The molecule has 0 radical (unpaired) electrons. The fourth-order valence-electron chi connectivity index (χ4n) is 1.82. The van der Waals surface area contributed by atoms with Crippen LogP contribution < -0.4 is 11.1 Å². The lowest BCUT2D eigenvalue weighted by Gasteiger charge is -2.15. The van der Waals surface area contributed by atoms with Crippen LogP contribution >= 0.6 is 0 Å². The fraction of sp³-hybridized carbons (Fsp3) is 0.133. The number of anilines is 1. The molecule has 0 fully saturated rings. The molecule has 3 N–H and O–H groups in total. The summed E-state index contributed by atoms with van der Waals surface area (Å²) >= 11 is 0. The van der Waals surface area contributed by atoms with E-state index in [4.69, 9.17) is 5.73 Å².